The number of fused-ring (bicyclic) bond motifs is 1. The molecule has 1 unspecified atom stereocenters. The minimum absolute atomic E-state index is 0.475. The van der Waals surface area contributed by atoms with E-state index in [-0.39, 0.29) is 0 Å². The fraction of sp³-hybridized carbons (Fsp3) is 0.467. The SMILES string of the molecule is C#CCSCCNC1CCNCc2ccccc21. The highest BCUT2D eigenvalue weighted by Crippen LogP contribution is 2.23. The summed E-state index contributed by atoms with van der Waals surface area (Å²) in [5, 5.41) is 7.12. The molecule has 1 aromatic carbocycles. The first-order valence-corrected chi connectivity index (χ1v) is 7.60. The molecular formula is C15H20N2S. The Hall–Kier alpha value is -0.950. The summed E-state index contributed by atoms with van der Waals surface area (Å²) in [5.74, 6) is 4.55. The minimum atomic E-state index is 0.475. The third kappa shape index (κ3) is 3.78. The Morgan fingerprint density at radius 1 is 1.44 bits per heavy atom. The van der Waals surface area contributed by atoms with Gasteiger partial charge in [0.25, 0.3) is 0 Å². The largest absolute Gasteiger partial charge is 0.313 e. The number of nitrogens with one attached hydrogen (secondary N) is 2. The van der Waals surface area contributed by atoms with Crippen molar-refractivity contribution in [3.8, 4) is 12.3 Å². The first kappa shape index (κ1) is 13.5. The van der Waals surface area contributed by atoms with Gasteiger partial charge in [0.1, 0.15) is 0 Å². The molecule has 3 heteroatoms. The summed E-state index contributed by atoms with van der Waals surface area (Å²) in [4.78, 5) is 0. The molecule has 1 aliphatic rings. The summed E-state index contributed by atoms with van der Waals surface area (Å²) < 4.78 is 0. The van der Waals surface area contributed by atoms with Crippen LogP contribution in [0.25, 0.3) is 0 Å². The Morgan fingerprint density at radius 2 is 2.33 bits per heavy atom. The van der Waals surface area contributed by atoms with Crippen molar-refractivity contribution in [2.75, 3.05) is 24.6 Å². The Bertz CT molecular complexity index is 411. The summed E-state index contributed by atoms with van der Waals surface area (Å²) in [6.45, 7) is 3.08. The predicted octanol–water partition coefficient (Wildman–Crippen LogP) is 2.18. The average molecular weight is 260 g/mol. The van der Waals surface area contributed by atoms with E-state index in [2.05, 4.69) is 40.8 Å². The van der Waals surface area contributed by atoms with Crippen LogP contribution in [0.3, 0.4) is 0 Å². The molecule has 96 valence electrons. The summed E-state index contributed by atoms with van der Waals surface area (Å²) in [7, 11) is 0. The van der Waals surface area contributed by atoms with Crippen molar-refractivity contribution in [1.29, 1.82) is 0 Å². The van der Waals surface area contributed by atoms with Crippen molar-refractivity contribution in [1.82, 2.24) is 10.6 Å². The molecule has 0 aliphatic carbocycles. The Kier molecular flexibility index (Phi) is 5.60. The van der Waals surface area contributed by atoms with E-state index in [0.29, 0.717) is 6.04 Å². The molecule has 0 spiro atoms. The summed E-state index contributed by atoms with van der Waals surface area (Å²) in [6, 6.07) is 9.18. The topological polar surface area (TPSA) is 24.1 Å². The first-order valence-electron chi connectivity index (χ1n) is 6.45. The molecule has 0 radical (unpaired) electrons. The molecule has 0 saturated carbocycles. The Morgan fingerprint density at radius 3 is 3.22 bits per heavy atom. The van der Waals surface area contributed by atoms with Gasteiger partial charge < -0.3 is 10.6 Å². The fourth-order valence-corrected chi connectivity index (χ4v) is 2.83. The van der Waals surface area contributed by atoms with Crippen molar-refractivity contribution in [3.05, 3.63) is 35.4 Å². The van der Waals surface area contributed by atoms with Gasteiger partial charge in [0, 0.05) is 24.9 Å². The fourth-order valence-electron chi connectivity index (χ4n) is 2.31. The zero-order chi connectivity index (χ0) is 12.6. The maximum absolute atomic E-state index is 5.24. The maximum atomic E-state index is 5.24. The highest BCUT2D eigenvalue weighted by molar-refractivity contribution is 7.99. The molecule has 1 atom stereocenters. The monoisotopic (exact) mass is 260 g/mol. The van der Waals surface area contributed by atoms with Crippen LogP contribution >= 0.6 is 11.8 Å². The average Bonchev–Trinajstić information content (AvgIpc) is 2.61. The second-order valence-corrected chi connectivity index (χ2v) is 5.53. The number of hydrogen-bond acceptors (Lipinski definition) is 3. The molecule has 1 aromatic rings. The standard InChI is InChI=1S/C15H20N2S/c1-2-10-18-11-9-17-15-7-8-16-12-13-5-3-4-6-14(13)15/h1,3-6,15-17H,7-12H2. The third-order valence-electron chi connectivity index (χ3n) is 3.18. The van der Waals surface area contributed by atoms with Gasteiger partial charge in [-0.3, -0.25) is 0 Å². The van der Waals surface area contributed by atoms with E-state index >= 15 is 0 Å². The van der Waals surface area contributed by atoms with Crippen LogP contribution in [0, 0.1) is 12.3 Å². The van der Waals surface area contributed by atoms with E-state index in [0.717, 1.165) is 37.6 Å². The molecule has 0 bridgehead atoms. The minimum Gasteiger partial charge on any atom is -0.313 e. The quantitative estimate of drug-likeness (QED) is 0.627. The van der Waals surface area contributed by atoms with Crippen LogP contribution in [0.2, 0.25) is 0 Å². The van der Waals surface area contributed by atoms with E-state index in [1.165, 1.54) is 11.1 Å². The van der Waals surface area contributed by atoms with Gasteiger partial charge in [0.2, 0.25) is 0 Å². The molecule has 2 nitrogen and oxygen atoms in total. The molecule has 2 rings (SSSR count). The number of terminal acetylenes is 1. The lowest BCUT2D eigenvalue weighted by Gasteiger charge is -2.18. The molecule has 0 aromatic heterocycles. The lowest BCUT2D eigenvalue weighted by molar-refractivity contribution is 0.512. The van der Waals surface area contributed by atoms with Crippen molar-refractivity contribution in [2.45, 2.75) is 19.0 Å². The summed E-state index contributed by atoms with van der Waals surface area (Å²) >= 11 is 1.81. The summed E-state index contributed by atoms with van der Waals surface area (Å²) in [6.07, 6.45) is 6.39. The highest BCUT2D eigenvalue weighted by Gasteiger charge is 2.16. The molecule has 18 heavy (non-hydrogen) atoms. The van der Waals surface area contributed by atoms with Crippen molar-refractivity contribution in [3.63, 3.8) is 0 Å². The smallest absolute Gasteiger partial charge is 0.0545 e. The van der Waals surface area contributed by atoms with Gasteiger partial charge in [0.05, 0.1) is 5.75 Å². The van der Waals surface area contributed by atoms with Gasteiger partial charge in [-0.05, 0) is 24.1 Å². The number of benzene rings is 1. The lowest BCUT2D eigenvalue weighted by Crippen LogP contribution is -2.25. The van der Waals surface area contributed by atoms with Crippen LogP contribution in [0.15, 0.2) is 24.3 Å². The van der Waals surface area contributed by atoms with Gasteiger partial charge in [0.15, 0.2) is 0 Å². The normalized spacial score (nSPS) is 18.7. The molecule has 1 aliphatic heterocycles. The second-order valence-electron chi connectivity index (χ2n) is 4.43. The van der Waals surface area contributed by atoms with Crippen LogP contribution in [0.4, 0.5) is 0 Å². The first-order chi connectivity index (χ1) is 8.92. The maximum Gasteiger partial charge on any atom is 0.0545 e. The van der Waals surface area contributed by atoms with Gasteiger partial charge in [-0.2, -0.15) is 0 Å². The van der Waals surface area contributed by atoms with E-state index < -0.39 is 0 Å². The van der Waals surface area contributed by atoms with Crippen LogP contribution in [0.5, 0.6) is 0 Å². The van der Waals surface area contributed by atoms with Gasteiger partial charge in [-0.15, -0.1) is 18.2 Å². The lowest BCUT2D eigenvalue weighted by atomic mass is 9.99. The van der Waals surface area contributed by atoms with Gasteiger partial charge >= 0.3 is 0 Å². The van der Waals surface area contributed by atoms with E-state index in [1.54, 1.807) is 0 Å². The van der Waals surface area contributed by atoms with Crippen LogP contribution in [-0.2, 0) is 6.54 Å². The van der Waals surface area contributed by atoms with Crippen molar-refractivity contribution >= 4 is 11.8 Å². The van der Waals surface area contributed by atoms with Crippen LogP contribution in [-0.4, -0.2) is 24.6 Å². The molecule has 0 amide bonds. The highest BCUT2D eigenvalue weighted by atomic mass is 32.2. The van der Waals surface area contributed by atoms with E-state index in [4.69, 9.17) is 6.42 Å². The molecule has 0 saturated heterocycles. The van der Waals surface area contributed by atoms with Crippen LogP contribution < -0.4 is 10.6 Å². The van der Waals surface area contributed by atoms with Gasteiger partial charge in [-0.25, -0.2) is 0 Å². The van der Waals surface area contributed by atoms with E-state index in [9.17, 15) is 0 Å². The molecule has 0 fully saturated rings. The van der Waals surface area contributed by atoms with E-state index in [1.807, 2.05) is 11.8 Å². The molecule has 2 N–H and O–H groups in total. The predicted molar refractivity (Wildman–Crippen MR) is 79.7 cm³/mol. The molecule has 1 heterocycles. The summed E-state index contributed by atoms with van der Waals surface area (Å²) in [5.41, 5.74) is 2.87. The van der Waals surface area contributed by atoms with Crippen LogP contribution in [0.1, 0.15) is 23.6 Å². The molecular weight excluding hydrogens is 240 g/mol. The number of thioether (sulfide) groups is 1. The Labute approximate surface area is 114 Å². The number of rotatable bonds is 5. The van der Waals surface area contributed by atoms with Crippen molar-refractivity contribution < 1.29 is 0 Å². The Balaban J connectivity index is 1.90. The zero-order valence-corrected chi connectivity index (χ0v) is 11.4. The van der Waals surface area contributed by atoms with Crippen molar-refractivity contribution in [2.24, 2.45) is 0 Å². The third-order valence-corrected chi connectivity index (χ3v) is 4.04. The number of hydrogen-bond donors (Lipinski definition) is 2. The zero-order valence-electron chi connectivity index (χ0n) is 10.6. The van der Waals surface area contributed by atoms with Gasteiger partial charge in [-0.1, -0.05) is 30.2 Å². The second kappa shape index (κ2) is 7.48.